The number of hydrogen-bond acceptors (Lipinski definition) is 14. The molecule has 5 unspecified atom stereocenters. The summed E-state index contributed by atoms with van der Waals surface area (Å²) in [5, 5.41) is 20.7. The minimum Gasteiger partial charge on any atom is -0.463 e. The SMILES string of the molecule is CCCCC/C=C\C/C=C\C/C=C\C/C=C\CCCCCCCCCCCCCCCC(=O)OCC(O)COP(=O)(O)OCC(O)COP(=O)(O)OCC(COC(=O)CCCCCCCCCCCCC/C=C\C/C=C\C/C=C\C/C=C\CCCCC)OC(=O)CCCCCCCCCCC/C=C\C/C=C\C/C=C\C/C=C\CCCCC. The lowest BCUT2D eigenvalue weighted by atomic mass is 10.0. The van der Waals surface area contributed by atoms with Crippen molar-refractivity contribution in [1.82, 2.24) is 0 Å². The van der Waals surface area contributed by atoms with Gasteiger partial charge in [-0.25, -0.2) is 9.13 Å². The van der Waals surface area contributed by atoms with E-state index in [2.05, 4.69) is 167 Å². The summed E-state index contributed by atoms with van der Waals surface area (Å²) in [5.74, 6) is -1.57. The Morgan fingerprint density at radius 1 is 0.239 bits per heavy atom. The van der Waals surface area contributed by atoms with Crippen molar-refractivity contribution in [2.24, 2.45) is 0 Å². The molecule has 0 aliphatic rings. The Morgan fingerprint density at radius 3 is 0.675 bits per heavy atom. The maximum absolute atomic E-state index is 13.1. The normalized spacial score (nSPS) is 14.4. The minimum atomic E-state index is -4.95. The van der Waals surface area contributed by atoms with Gasteiger partial charge >= 0.3 is 33.6 Å². The Balaban J connectivity index is 4.65. The average molecular weight is 1680 g/mol. The van der Waals surface area contributed by atoms with Crippen LogP contribution in [0.25, 0.3) is 0 Å². The molecule has 0 amide bonds. The Bertz CT molecular complexity index is 2710. The Morgan fingerprint density at radius 2 is 0.427 bits per heavy atom. The molecule has 0 spiro atoms. The van der Waals surface area contributed by atoms with Crippen LogP contribution in [0.4, 0.5) is 0 Å². The molecular formula is C99H172O16P2. The number of rotatable bonds is 89. The monoisotopic (exact) mass is 1680 g/mol. The van der Waals surface area contributed by atoms with E-state index in [0.717, 1.165) is 148 Å². The van der Waals surface area contributed by atoms with E-state index in [-0.39, 0.29) is 19.3 Å². The molecule has 0 aromatic carbocycles. The van der Waals surface area contributed by atoms with Crippen molar-refractivity contribution in [1.29, 1.82) is 0 Å². The lowest BCUT2D eigenvalue weighted by Gasteiger charge is -2.21. The number of ether oxygens (including phenoxy) is 3. The van der Waals surface area contributed by atoms with Crippen molar-refractivity contribution in [2.75, 3.05) is 39.6 Å². The van der Waals surface area contributed by atoms with Gasteiger partial charge in [0.1, 0.15) is 25.4 Å². The van der Waals surface area contributed by atoms with Gasteiger partial charge in [-0.1, -0.05) is 378 Å². The molecule has 5 atom stereocenters. The average Bonchev–Trinajstić information content (AvgIpc) is 0.904. The molecule has 0 aromatic heterocycles. The van der Waals surface area contributed by atoms with Crippen molar-refractivity contribution in [3.05, 3.63) is 146 Å². The molecule has 4 N–H and O–H groups in total. The van der Waals surface area contributed by atoms with Gasteiger partial charge in [0.2, 0.25) is 0 Å². The number of phosphoric ester groups is 2. The zero-order valence-electron chi connectivity index (χ0n) is 74.3. The van der Waals surface area contributed by atoms with E-state index < -0.39 is 91.5 Å². The van der Waals surface area contributed by atoms with Crippen LogP contribution in [-0.4, -0.2) is 95.9 Å². The smallest absolute Gasteiger partial charge is 0.463 e. The molecule has 0 bridgehead atoms. The second-order valence-corrected chi connectivity index (χ2v) is 34.4. The van der Waals surface area contributed by atoms with Gasteiger partial charge in [0.05, 0.1) is 26.4 Å². The molecule has 16 nitrogen and oxygen atoms in total. The molecule has 0 saturated carbocycles. The standard InChI is InChI=1S/C99H172O16P2/c1-4-7-10-13-16-19-22-25-28-31-34-37-40-43-45-46-48-51-52-55-58-61-64-67-70-73-76-79-82-85-97(102)109-88-94(100)89-111-116(105,106)112-90-95(101)91-113-117(107,108)114-93-96(115-99(104)87-84-81-78-75-72-69-66-63-60-57-54-49-42-39-36-33-30-27-24-21-18-15-12-9-6-3)92-110-98(103)86-83-80-77-74-71-68-65-62-59-56-53-50-47-44-41-38-35-32-29-26-23-20-17-14-11-8-5-2/h16-21,25-30,34-39,43-45,47,49,54,94-96,100-101H,4-15,22-24,31-33,40-42,46,48,50-53,55-93H2,1-3H3,(H,105,106)(H,107,108)/b19-16-,20-17-,21-18-,28-25-,29-26-,30-27-,37-34-,38-35-,39-36-,45-43-,47-44-,54-49-. The fourth-order valence-corrected chi connectivity index (χ4v) is 14.4. The first-order valence-corrected chi connectivity index (χ1v) is 50.1. The van der Waals surface area contributed by atoms with Gasteiger partial charge in [0.25, 0.3) is 0 Å². The van der Waals surface area contributed by atoms with Crippen molar-refractivity contribution in [2.45, 2.75) is 424 Å². The van der Waals surface area contributed by atoms with Gasteiger partial charge in [0, 0.05) is 19.3 Å². The van der Waals surface area contributed by atoms with Crippen LogP contribution in [0, 0.1) is 0 Å². The van der Waals surface area contributed by atoms with E-state index in [1.807, 2.05) is 0 Å². The summed E-state index contributed by atoms with van der Waals surface area (Å²) in [6.45, 7) is 2.65. The van der Waals surface area contributed by atoms with E-state index >= 15 is 0 Å². The summed E-state index contributed by atoms with van der Waals surface area (Å²) in [7, 11) is -9.81. The van der Waals surface area contributed by atoms with E-state index in [1.54, 1.807) is 0 Å². The number of carbonyl (C=O) groups excluding carboxylic acids is 3. The Hall–Kier alpha value is -4.57. The summed E-state index contributed by atoms with van der Waals surface area (Å²) in [5.41, 5.74) is 0. The highest BCUT2D eigenvalue weighted by Crippen LogP contribution is 2.45. The van der Waals surface area contributed by atoms with E-state index in [1.165, 1.54) is 199 Å². The van der Waals surface area contributed by atoms with Gasteiger partial charge in [-0.05, 0) is 154 Å². The van der Waals surface area contributed by atoms with Crippen molar-refractivity contribution < 1.29 is 75.8 Å². The van der Waals surface area contributed by atoms with Crippen LogP contribution in [-0.2, 0) is 55.8 Å². The van der Waals surface area contributed by atoms with Crippen LogP contribution >= 0.6 is 15.6 Å². The second kappa shape index (κ2) is 90.7. The molecule has 0 saturated heterocycles. The minimum absolute atomic E-state index is 0.0940. The zero-order chi connectivity index (χ0) is 85.1. The van der Waals surface area contributed by atoms with Crippen LogP contribution in [0.3, 0.4) is 0 Å². The largest absolute Gasteiger partial charge is 0.472 e. The number of unbranched alkanes of at least 4 members (excludes halogenated alkanes) is 42. The lowest BCUT2D eigenvalue weighted by Crippen LogP contribution is -2.30. The highest BCUT2D eigenvalue weighted by molar-refractivity contribution is 7.47. The van der Waals surface area contributed by atoms with Crippen molar-refractivity contribution in [3.8, 4) is 0 Å². The van der Waals surface area contributed by atoms with Crippen molar-refractivity contribution in [3.63, 3.8) is 0 Å². The molecule has 18 heteroatoms. The second-order valence-electron chi connectivity index (χ2n) is 31.5. The topological polar surface area (TPSA) is 231 Å². The number of aliphatic hydroxyl groups excluding tert-OH is 2. The molecular weight excluding hydrogens is 1510 g/mol. The first-order valence-electron chi connectivity index (χ1n) is 47.1. The van der Waals surface area contributed by atoms with E-state index in [9.17, 15) is 43.5 Å². The third-order valence-electron chi connectivity index (χ3n) is 20.0. The predicted octanol–water partition coefficient (Wildman–Crippen LogP) is 29.1. The molecule has 0 aliphatic heterocycles. The summed E-state index contributed by atoms with van der Waals surface area (Å²) < 4.78 is 61.5. The third-order valence-corrected chi connectivity index (χ3v) is 21.9. The summed E-state index contributed by atoms with van der Waals surface area (Å²) in [6, 6.07) is 0. The maximum Gasteiger partial charge on any atom is 0.472 e. The van der Waals surface area contributed by atoms with Gasteiger partial charge < -0.3 is 34.2 Å². The van der Waals surface area contributed by atoms with Gasteiger partial charge in [-0.3, -0.25) is 32.5 Å². The molecule has 0 aliphatic carbocycles. The maximum atomic E-state index is 13.1. The third kappa shape index (κ3) is 92.0. The predicted molar refractivity (Wildman–Crippen MR) is 491 cm³/mol. The molecule has 0 fully saturated rings. The number of esters is 3. The number of phosphoric acid groups is 2. The number of carbonyl (C=O) groups is 3. The molecule has 117 heavy (non-hydrogen) atoms. The number of aliphatic hydroxyl groups is 2. The Kier molecular flexibility index (Phi) is 87.1. The van der Waals surface area contributed by atoms with Crippen LogP contribution in [0.5, 0.6) is 0 Å². The molecule has 0 radical (unpaired) electrons. The van der Waals surface area contributed by atoms with Gasteiger partial charge in [-0.2, -0.15) is 0 Å². The first kappa shape index (κ1) is 112. The van der Waals surface area contributed by atoms with Crippen LogP contribution in [0.2, 0.25) is 0 Å². The van der Waals surface area contributed by atoms with Gasteiger partial charge in [-0.15, -0.1) is 0 Å². The summed E-state index contributed by atoms with van der Waals surface area (Å²) in [4.78, 5) is 59.1. The highest BCUT2D eigenvalue weighted by Gasteiger charge is 2.29. The lowest BCUT2D eigenvalue weighted by molar-refractivity contribution is -0.161. The van der Waals surface area contributed by atoms with E-state index in [4.69, 9.17) is 32.3 Å². The van der Waals surface area contributed by atoms with Crippen molar-refractivity contribution >= 4 is 33.6 Å². The first-order chi connectivity index (χ1) is 57.2. The van der Waals surface area contributed by atoms with Crippen LogP contribution < -0.4 is 0 Å². The quantitative estimate of drug-likeness (QED) is 0.0146. The fourth-order valence-electron chi connectivity index (χ4n) is 12.8. The molecule has 0 rings (SSSR count). The molecule has 674 valence electrons. The number of hydrogen-bond donors (Lipinski definition) is 4. The van der Waals surface area contributed by atoms with Crippen LogP contribution in [0.15, 0.2) is 146 Å². The van der Waals surface area contributed by atoms with E-state index in [0.29, 0.717) is 19.3 Å². The number of allylic oxidation sites excluding steroid dienone is 24. The summed E-state index contributed by atoms with van der Waals surface area (Å²) >= 11 is 0. The van der Waals surface area contributed by atoms with Gasteiger partial charge in [0.15, 0.2) is 6.10 Å². The molecule has 0 aromatic rings. The zero-order valence-corrected chi connectivity index (χ0v) is 76.1. The summed E-state index contributed by atoms with van der Waals surface area (Å²) in [6.07, 6.45) is 114. The molecule has 0 heterocycles. The fraction of sp³-hybridized carbons (Fsp3) is 0.727. The highest BCUT2D eigenvalue weighted by atomic mass is 31.2. The van der Waals surface area contributed by atoms with Crippen LogP contribution in [0.1, 0.15) is 406 Å². The Labute approximate surface area is 715 Å².